The molecule has 1 atom stereocenters. The fraction of sp³-hybridized carbons (Fsp3) is 0.188. The van der Waals surface area contributed by atoms with Crippen LogP contribution in [0.15, 0.2) is 152 Å². The third-order valence-electron chi connectivity index (χ3n) is 12.2. The zero-order valence-electron chi connectivity index (χ0n) is 29.9. The van der Waals surface area contributed by atoms with Gasteiger partial charge in [0.1, 0.15) is 0 Å². The number of anilines is 3. The van der Waals surface area contributed by atoms with Crippen LogP contribution in [0.2, 0.25) is 0 Å². The van der Waals surface area contributed by atoms with Crippen LogP contribution in [0.3, 0.4) is 0 Å². The Balaban J connectivity index is 1.29. The highest BCUT2D eigenvalue weighted by molar-refractivity contribution is 5.96. The van der Waals surface area contributed by atoms with Crippen molar-refractivity contribution in [2.24, 2.45) is 0 Å². The van der Waals surface area contributed by atoms with Crippen molar-refractivity contribution in [1.82, 2.24) is 0 Å². The number of ether oxygens (including phenoxy) is 1. The van der Waals surface area contributed by atoms with Gasteiger partial charge in [0.25, 0.3) is 0 Å². The Morgan fingerprint density at radius 3 is 1.75 bits per heavy atom. The van der Waals surface area contributed by atoms with E-state index in [4.69, 9.17) is 4.74 Å². The summed E-state index contributed by atoms with van der Waals surface area (Å²) in [6, 6.07) is 52.8. The van der Waals surface area contributed by atoms with Crippen LogP contribution in [-0.2, 0) is 11.0 Å². The van der Waals surface area contributed by atoms with Gasteiger partial charge in [0.2, 0.25) is 5.69 Å². The maximum Gasteiger partial charge on any atom is 0.221 e. The maximum atomic E-state index is 6.84. The van der Waals surface area contributed by atoms with E-state index >= 15 is 0 Å². The highest BCUT2D eigenvalue weighted by Gasteiger charge is 2.58. The molecule has 9 rings (SSSR count). The van der Waals surface area contributed by atoms with Crippen molar-refractivity contribution in [2.75, 3.05) is 4.90 Å². The molecule has 2 aliphatic heterocycles. The van der Waals surface area contributed by atoms with Crippen molar-refractivity contribution in [3.8, 4) is 45.0 Å². The zero-order valence-corrected chi connectivity index (χ0v) is 29.9. The van der Waals surface area contributed by atoms with Gasteiger partial charge in [-0.05, 0) is 89.0 Å². The zero-order chi connectivity index (χ0) is 34.7. The third-order valence-corrected chi connectivity index (χ3v) is 12.2. The molecule has 0 saturated carbocycles. The topological polar surface area (TPSA) is 16.4 Å². The Hall–Kier alpha value is -5.67. The minimum atomic E-state index is -0.0551. The van der Waals surface area contributed by atoms with Crippen LogP contribution in [0.1, 0.15) is 52.5 Å². The highest BCUT2D eigenvalue weighted by Crippen LogP contribution is 2.56. The normalized spacial score (nSPS) is 16.8. The summed E-state index contributed by atoms with van der Waals surface area (Å²) in [5.74, 6) is 1.70. The first-order valence-electron chi connectivity index (χ1n) is 18.5. The summed E-state index contributed by atoms with van der Waals surface area (Å²) in [4.78, 5) is 2.40. The van der Waals surface area contributed by atoms with Gasteiger partial charge in [-0.15, -0.1) is 0 Å². The molecule has 7 aromatic rings. The molecule has 250 valence electrons. The molecule has 0 fully saturated rings. The summed E-state index contributed by atoms with van der Waals surface area (Å²) in [6.45, 7) is 9.61. The molecule has 51 heavy (non-hydrogen) atoms. The molecule has 2 aliphatic rings. The van der Waals surface area contributed by atoms with E-state index in [-0.39, 0.29) is 11.0 Å². The Morgan fingerprint density at radius 2 is 1.16 bits per heavy atom. The molecule has 0 aliphatic carbocycles. The largest absolute Gasteiger partial charge is 0.453 e. The summed E-state index contributed by atoms with van der Waals surface area (Å²) < 4.78 is 9.48. The summed E-state index contributed by atoms with van der Waals surface area (Å²) in [5.41, 5.74) is 11.7. The van der Waals surface area contributed by atoms with Gasteiger partial charge in [-0.3, -0.25) is 0 Å². The predicted octanol–water partition coefficient (Wildman–Crippen LogP) is 12.9. The van der Waals surface area contributed by atoms with Crippen LogP contribution >= 0.6 is 0 Å². The van der Waals surface area contributed by atoms with Crippen LogP contribution in [0.4, 0.5) is 17.1 Å². The van der Waals surface area contributed by atoms with Gasteiger partial charge in [-0.1, -0.05) is 118 Å². The Morgan fingerprint density at radius 1 is 0.569 bits per heavy atom. The third kappa shape index (κ3) is 4.61. The first-order chi connectivity index (χ1) is 25.0. The molecule has 0 spiro atoms. The number of hydrogen-bond donors (Lipinski definition) is 0. The molecule has 0 amide bonds. The Labute approximate surface area is 301 Å². The van der Waals surface area contributed by atoms with E-state index < -0.39 is 0 Å². The van der Waals surface area contributed by atoms with Gasteiger partial charge < -0.3 is 9.64 Å². The number of hydrogen-bond acceptors (Lipinski definition) is 2. The summed E-state index contributed by atoms with van der Waals surface area (Å²) in [5, 5.41) is 2.57. The van der Waals surface area contributed by atoms with Crippen LogP contribution in [0, 0.1) is 0 Å². The van der Waals surface area contributed by atoms with Gasteiger partial charge in [-0.2, -0.15) is 4.57 Å². The molecule has 6 aromatic carbocycles. The number of rotatable bonds is 6. The molecule has 3 heteroatoms. The van der Waals surface area contributed by atoms with Crippen LogP contribution in [-0.4, -0.2) is 0 Å². The predicted molar refractivity (Wildman–Crippen MR) is 211 cm³/mol. The average molecular weight is 664 g/mol. The number of aromatic nitrogens is 1. The second-order valence-corrected chi connectivity index (χ2v) is 14.3. The van der Waals surface area contributed by atoms with E-state index in [0.717, 1.165) is 59.0 Å². The fourth-order valence-electron chi connectivity index (χ4n) is 9.31. The van der Waals surface area contributed by atoms with E-state index in [1.165, 1.54) is 38.7 Å². The van der Waals surface area contributed by atoms with E-state index in [2.05, 4.69) is 189 Å². The quantitative estimate of drug-likeness (QED) is 0.165. The SMILES string of the molecule is CCC1(C)c2ccc(N3c4ccc(-c5ccccc5)cc4Oc4cc(-c5ccccc5)ccc43)cc2-c2c3ccccc3cc[n+]2C1(CC)CC. The molecule has 0 bridgehead atoms. The van der Waals surface area contributed by atoms with Crippen molar-refractivity contribution in [1.29, 1.82) is 0 Å². The molecule has 1 aromatic heterocycles. The first kappa shape index (κ1) is 31.3. The summed E-state index contributed by atoms with van der Waals surface area (Å²) >= 11 is 0. The molecular weight excluding hydrogens is 621 g/mol. The van der Waals surface area contributed by atoms with Crippen molar-refractivity contribution in [3.05, 3.63) is 157 Å². The van der Waals surface area contributed by atoms with E-state index in [1.807, 2.05) is 0 Å². The minimum Gasteiger partial charge on any atom is -0.453 e. The number of benzene rings is 6. The van der Waals surface area contributed by atoms with Crippen molar-refractivity contribution in [2.45, 2.75) is 57.9 Å². The highest BCUT2D eigenvalue weighted by atomic mass is 16.5. The molecule has 1 unspecified atom stereocenters. The second kappa shape index (κ2) is 12.0. The van der Waals surface area contributed by atoms with Gasteiger partial charge in [0, 0.05) is 24.6 Å². The van der Waals surface area contributed by atoms with Gasteiger partial charge in [0.15, 0.2) is 23.2 Å². The Bertz CT molecular complexity index is 2340. The van der Waals surface area contributed by atoms with Crippen LogP contribution in [0.5, 0.6) is 11.5 Å². The lowest BCUT2D eigenvalue weighted by Gasteiger charge is -2.48. The van der Waals surface area contributed by atoms with Crippen LogP contribution in [0.25, 0.3) is 44.3 Å². The number of nitrogens with zero attached hydrogens (tertiary/aromatic N) is 2. The second-order valence-electron chi connectivity index (χ2n) is 14.3. The molecule has 0 radical (unpaired) electrons. The first-order valence-corrected chi connectivity index (χ1v) is 18.5. The lowest BCUT2D eigenvalue weighted by Crippen LogP contribution is -2.68. The Kier molecular flexibility index (Phi) is 7.36. The van der Waals surface area contributed by atoms with Crippen molar-refractivity contribution >= 4 is 27.8 Å². The van der Waals surface area contributed by atoms with Crippen LogP contribution < -0.4 is 14.2 Å². The minimum absolute atomic E-state index is 0.0462. The standard InChI is InChI=1S/C48H43N2O/c1-5-47(4)41-25-24-38(32-40(41)46-39-21-15-14-20-35(39)28-29-49(46)48(47,6-2)7-3)50-42-26-22-36(33-16-10-8-11-17-33)30-44(42)51-45-31-37(23-27-43(45)50)34-18-12-9-13-19-34/h8-32H,5-7H2,1-4H3/q+1. The van der Waals surface area contributed by atoms with E-state index in [0.29, 0.717) is 0 Å². The van der Waals surface area contributed by atoms with E-state index in [1.54, 1.807) is 0 Å². The maximum absolute atomic E-state index is 6.84. The number of pyridine rings is 1. The van der Waals surface area contributed by atoms with Gasteiger partial charge in [0.05, 0.1) is 27.7 Å². The molecule has 0 saturated heterocycles. The molecule has 0 N–H and O–H groups in total. The monoisotopic (exact) mass is 663 g/mol. The average Bonchev–Trinajstić information content (AvgIpc) is 3.20. The molecule has 3 nitrogen and oxygen atoms in total. The molecular formula is C48H43N2O+. The summed E-state index contributed by atoms with van der Waals surface area (Å²) in [7, 11) is 0. The lowest BCUT2D eigenvalue weighted by atomic mass is 9.58. The van der Waals surface area contributed by atoms with Gasteiger partial charge in [-0.25, -0.2) is 0 Å². The lowest BCUT2D eigenvalue weighted by molar-refractivity contribution is -0.768. The van der Waals surface area contributed by atoms with E-state index in [9.17, 15) is 0 Å². The van der Waals surface area contributed by atoms with Gasteiger partial charge >= 0.3 is 0 Å². The van der Waals surface area contributed by atoms with Crippen molar-refractivity contribution in [3.63, 3.8) is 0 Å². The number of fused-ring (bicyclic) bond motifs is 7. The molecule has 3 heterocycles. The smallest absolute Gasteiger partial charge is 0.221 e. The summed E-state index contributed by atoms with van der Waals surface area (Å²) in [6.07, 6.45) is 5.53. The fourth-order valence-corrected chi connectivity index (χ4v) is 9.31. The van der Waals surface area contributed by atoms with Crippen molar-refractivity contribution < 1.29 is 9.30 Å².